The molecule has 3 nitrogen and oxygen atoms in total. The van der Waals surface area contributed by atoms with Gasteiger partial charge in [-0.1, -0.05) is 51.1 Å². The van der Waals surface area contributed by atoms with Gasteiger partial charge in [-0.15, -0.1) is 0 Å². The van der Waals surface area contributed by atoms with Gasteiger partial charge in [0.15, 0.2) is 0 Å². The lowest BCUT2D eigenvalue weighted by atomic mass is 9.93. The first-order valence-electron chi connectivity index (χ1n) is 6.25. The molecule has 0 amide bonds. The number of carbonyl (C=O) groups excluding carboxylic acids is 1. The van der Waals surface area contributed by atoms with Crippen LogP contribution in [0.15, 0.2) is 30.3 Å². The molecule has 0 atom stereocenters. The van der Waals surface area contributed by atoms with Crippen LogP contribution in [0.3, 0.4) is 0 Å². The fraction of sp³-hybridized carbons (Fsp3) is 0.533. The minimum absolute atomic E-state index is 0.0129. The van der Waals surface area contributed by atoms with Gasteiger partial charge in [0.05, 0.1) is 13.2 Å². The topological polar surface area (TPSA) is 35.5 Å². The first-order chi connectivity index (χ1) is 8.47. The van der Waals surface area contributed by atoms with Gasteiger partial charge in [-0.2, -0.15) is 0 Å². The summed E-state index contributed by atoms with van der Waals surface area (Å²) in [5, 5.41) is 0. The van der Waals surface area contributed by atoms with Crippen molar-refractivity contribution in [3.8, 4) is 0 Å². The fourth-order valence-electron chi connectivity index (χ4n) is 1.34. The number of hydrogen-bond acceptors (Lipinski definition) is 3. The standard InChI is InChI=1S/C15H22O3/c1-15(2,3)9-10-18-14(16)12-17-11-13-7-5-4-6-8-13/h4-8H,9-12H2,1-3H3. The molecule has 0 radical (unpaired) electrons. The van der Waals surface area contributed by atoms with Crippen LogP contribution in [-0.4, -0.2) is 19.2 Å². The summed E-state index contributed by atoms with van der Waals surface area (Å²) in [5.74, 6) is -0.296. The third-order valence-corrected chi connectivity index (χ3v) is 2.45. The number of benzene rings is 1. The highest BCUT2D eigenvalue weighted by Gasteiger charge is 2.11. The van der Waals surface area contributed by atoms with E-state index < -0.39 is 0 Å². The molecule has 0 aromatic heterocycles. The molecule has 18 heavy (non-hydrogen) atoms. The highest BCUT2D eigenvalue weighted by molar-refractivity contribution is 5.70. The van der Waals surface area contributed by atoms with Crippen molar-refractivity contribution in [2.45, 2.75) is 33.8 Å². The summed E-state index contributed by atoms with van der Waals surface area (Å²) in [6.45, 7) is 7.26. The number of carbonyl (C=O) groups is 1. The van der Waals surface area contributed by atoms with E-state index in [-0.39, 0.29) is 18.0 Å². The van der Waals surface area contributed by atoms with E-state index in [1.807, 2.05) is 30.3 Å². The Labute approximate surface area is 109 Å². The molecule has 0 spiro atoms. The van der Waals surface area contributed by atoms with Crippen LogP contribution in [0.2, 0.25) is 0 Å². The Balaban J connectivity index is 2.11. The minimum Gasteiger partial charge on any atom is -0.464 e. The van der Waals surface area contributed by atoms with E-state index >= 15 is 0 Å². The lowest BCUT2D eigenvalue weighted by molar-refractivity contribution is -0.150. The summed E-state index contributed by atoms with van der Waals surface area (Å²) in [6.07, 6.45) is 0.859. The van der Waals surface area contributed by atoms with Gasteiger partial charge < -0.3 is 9.47 Å². The predicted octanol–water partition coefficient (Wildman–Crippen LogP) is 3.18. The third kappa shape index (κ3) is 7.07. The van der Waals surface area contributed by atoms with Crippen LogP contribution in [0.5, 0.6) is 0 Å². The number of rotatable bonds is 6. The van der Waals surface area contributed by atoms with Crippen LogP contribution in [0.25, 0.3) is 0 Å². The molecule has 3 heteroatoms. The molecule has 1 aromatic carbocycles. The summed E-state index contributed by atoms with van der Waals surface area (Å²) in [7, 11) is 0. The maximum atomic E-state index is 11.4. The molecule has 0 aliphatic rings. The first-order valence-corrected chi connectivity index (χ1v) is 6.25. The van der Waals surface area contributed by atoms with Crippen molar-refractivity contribution < 1.29 is 14.3 Å². The summed E-state index contributed by atoms with van der Waals surface area (Å²) in [5.41, 5.74) is 1.24. The second-order valence-corrected chi connectivity index (χ2v) is 5.51. The van der Waals surface area contributed by atoms with E-state index in [1.165, 1.54) is 0 Å². The summed E-state index contributed by atoms with van der Waals surface area (Å²) < 4.78 is 10.4. The second kappa shape index (κ2) is 7.17. The third-order valence-electron chi connectivity index (χ3n) is 2.45. The summed E-state index contributed by atoms with van der Waals surface area (Å²) >= 11 is 0. The molecule has 0 heterocycles. The van der Waals surface area contributed by atoms with Gasteiger partial charge in [-0.05, 0) is 17.4 Å². The molecule has 100 valence electrons. The zero-order valence-electron chi connectivity index (χ0n) is 11.4. The fourth-order valence-corrected chi connectivity index (χ4v) is 1.34. The van der Waals surface area contributed by atoms with Crippen molar-refractivity contribution in [2.24, 2.45) is 5.41 Å². The van der Waals surface area contributed by atoms with Crippen molar-refractivity contribution in [3.63, 3.8) is 0 Å². The maximum Gasteiger partial charge on any atom is 0.332 e. The van der Waals surface area contributed by atoms with Gasteiger partial charge in [0.1, 0.15) is 6.61 Å². The zero-order chi connectivity index (χ0) is 13.4. The lowest BCUT2D eigenvalue weighted by Crippen LogP contribution is -2.16. The van der Waals surface area contributed by atoms with Crippen molar-refractivity contribution in [1.82, 2.24) is 0 Å². The molecule has 1 rings (SSSR count). The Morgan fingerprint density at radius 2 is 1.83 bits per heavy atom. The van der Waals surface area contributed by atoms with E-state index in [0.717, 1.165) is 12.0 Å². The zero-order valence-corrected chi connectivity index (χ0v) is 11.4. The average molecular weight is 250 g/mol. The maximum absolute atomic E-state index is 11.4. The lowest BCUT2D eigenvalue weighted by Gasteiger charge is -2.17. The van der Waals surface area contributed by atoms with Gasteiger partial charge in [0.25, 0.3) is 0 Å². The van der Waals surface area contributed by atoms with E-state index in [4.69, 9.17) is 9.47 Å². The van der Waals surface area contributed by atoms with E-state index in [9.17, 15) is 4.79 Å². The smallest absolute Gasteiger partial charge is 0.332 e. The van der Waals surface area contributed by atoms with Crippen molar-refractivity contribution in [2.75, 3.05) is 13.2 Å². The summed E-state index contributed by atoms with van der Waals surface area (Å²) in [4.78, 5) is 11.4. The normalized spacial score (nSPS) is 11.3. The van der Waals surface area contributed by atoms with Crippen LogP contribution in [0.1, 0.15) is 32.8 Å². The Kier molecular flexibility index (Phi) is 5.86. The summed E-state index contributed by atoms with van der Waals surface area (Å²) in [6, 6.07) is 9.76. The molecule has 0 fully saturated rings. The second-order valence-electron chi connectivity index (χ2n) is 5.51. The number of esters is 1. The van der Waals surface area contributed by atoms with Gasteiger partial charge in [-0.3, -0.25) is 0 Å². The Morgan fingerprint density at radius 1 is 1.17 bits per heavy atom. The molecule has 0 aliphatic carbocycles. The minimum atomic E-state index is -0.296. The van der Waals surface area contributed by atoms with E-state index in [2.05, 4.69) is 20.8 Å². The molecule has 0 aliphatic heterocycles. The van der Waals surface area contributed by atoms with Gasteiger partial charge >= 0.3 is 5.97 Å². The van der Waals surface area contributed by atoms with Gasteiger partial charge in [0.2, 0.25) is 0 Å². The highest BCUT2D eigenvalue weighted by Crippen LogP contribution is 2.17. The largest absolute Gasteiger partial charge is 0.464 e. The number of hydrogen-bond donors (Lipinski definition) is 0. The molecule has 0 N–H and O–H groups in total. The predicted molar refractivity (Wildman–Crippen MR) is 71.1 cm³/mol. The molecule has 1 aromatic rings. The highest BCUT2D eigenvalue weighted by atomic mass is 16.6. The molecule has 0 saturated heterocycles. The van der Waals surface area contributed by atoms with Crippen molar-refractivity contribution in [3.05, 3.63) is 35.9 Å². The Bertz CT molecular complexity index is 352. The van der Waals surface area contributed by atoms with Crippen LogP contribution in [0.4, 0.5) is 0 Å². The number of ether oxygens (including phenoxy) is 2. The first kappa shape index (κ1) is 14.7. The van der Waals surface area contributed by atoms with Gasteiger partial charge in [0, 0.05) is 0 Å². The van der Waals surface area contributed by atoms with Crippen LogP contribution in [-0.2, 0) is 20.9 Å². The van der Waals surface area contributed by atoms with E-state index in [0.29, 0.717) is 13.2 Å². The molecular weight excluding hydrogens is 228 g/mol. The molecular formula is C15H22O3. The van der Waals surface area contributed by atoms with Crippen LogP contribution >= 0.6 is 0 Å². The Hall–Kier alpha value is -1.35. The van der Waals surface area contributed by atoms with Crippen LogP contribution < -0.4 is 0 Å². The van der Waals surface area contributed by atoms with Crippen LogP contribution in [0, 0.1) is 5.41 Å². The van der Waals surface area contributed by atoms with E-state index in [1.54, 1.807) is 0 Å². The monoisotopic (exact) mass is 250 g/mol. The SMILES string of the molecule is CC(C)(C)CCOC(=O)COCc1ccccc1. The quantitative estimate of drug-likeness (QED) is 0.727. The molecule has 0 unspecified atom stereocenters. The van der Waals surface area contributed by atoms with Crippen molar-refractivity contribution in [1.29, 1.82) is 0 Å². The molecule has 0 saturated carbocycles. The molecule has 0 bridgehead atoms. The average Bonchev–Trinajstić information content (AvgIpc) is 2.28. The Morgan fingerprint density at radius 3 is 2.44 bits per heavy atom. The van der Waals surface area contributed by atoms with Gasteiger partial charge in [-0.25, -0.2) is 4.79 Å². The van der Waals surface area contributed by atoms with Crippen molar-refractivity contribution >= 4 is 5.97 Å².